The summed E-state index contributed by atoms with van der Waals surface area (Å²) in [5, 5.41) is 0. The molecule has 0 bridgehead atoms. The Morgan fingerprint density at radius 2 is 1.00 bits per heavy atom. The molecular formula is C8H9F9Si. The fourth-order valence-corrected chi connectivity index (χ4v) is 1.72. The van der Waals surface area contributed by atoms with Crippen LogP contribution >= 0.6 is 0 Å². The number of hydrogen-bond acceptors (Lipinski definition) is 0. The van der Waals surface area contributed by atoms with Crippen molar-refractivity contribution in [3.8, 4) is 0 Å². The monoisotopic (exact) mass is 304 g/mol. The summed E-state index contributed by atoms with van der Waals surface area (Å²) >= 11 is 0. The van der Waals surface area contributed by atoms with E-state index in [1.54, 1.807) is 0 Å². The van der Waals surface area contributed by atoms with E-state index in [0.29, 0.717) is 0 Å². The van der Waals surface area contributed by atoms with Crippen LogP contribution in [0.25, 0.3) is 0 Å². The molecule has 0 amide bonds. The van der Waals surface area contributed by atoms with Gasteiger partial charge in [-0.2, -0.15) is 26.3 Å². The van der Waals surface area contributed by atoms with Gasteiger partial charge in [0.1, 0.15) is 13.5 Å². The van der Waals surface area contributed by atoms with Crippen LogP contribution in [0.5, 0.6) is 0 Å². The van der Waals surface area contributed by atoms with E-state index in [-0.39, 0.29) is 0 Å². The molecule has 0 aliphatic heterocycles. The van der Waals surface area contributed by atoms with Crippen LogP contribution in [0.1, 0.15) is 0 Å². The Morgan fingerprint density at radius 1 is 0.722 bits per heavy atom. The smallest absolute Gasteiger partial charge is 0.215 e. The van der Waals surface area contributed by atoms with Crippen molar-refractivity contribution in [3.05, 3.63) is 11.3 Å². The summed E-state index contributed by atoms with van der Waals surface area (Å²) in [4.78, 5) is 0. The van der Waals surface area contributed by atoms with Gasteiger partial charge in [-0.25, -0.2) is 13.2 Å². The molecule has 0 aromatic carbocycles. The highest BCUT2D eigenvalue weighted by molar-refractivity contribution is 6.82. The largest absolute Gasteiger partial charge is 0.438 e. The molecule has 0 aromatic heterocycles. The number of alkyl halides is 7. The van der Waals surface area contributed by atoms with Gasteiger partial charge in [0.15, 0.2) is 5.83 Å². The van der Waals surface area contributed by atoms with E-state index < -0.39 is 37.4 Å². The van der Waals surface area contributed by atoms with E-state index in [4.69, 9.17) is 0 Å². The average molecular weight is 304 g/mol. The summed E-state index contributed by atoms with van der Waals surface area (Å²) in [6.45, 7) is 2.82. The fourth-order valence-electron chi connectivity index (χ4n) is 0.890. The van der Waals surface area contributed by atoms with Gasteiger partial charge in [0.2, 0.25) is 0 Å². The van der Waals surface area contributed by atoms with Crippen LogP contribution in [0, 0.1) is 0 Å². The molecule has 0 unspecified atom stereocenters. The lowest BCUT2D eigenvalue weighted by atomic mass is 10.0. The van der Waals surface area contributed by atoms with Crippen molar-refractivity contribution in [2.45, 2.75) is 37.7 Å². The number of hydrogen-bond donors (Lipinski definition) is 0. The molecule has 0 spiro atoms. The van der Waals surface area contributed by atoms with Crippen LogP contribution in [0.3, 0.4) is 0 Å². The molecule has 10 heteroatoms. The SMILES string of the molecule is C[Si](C)(C)C(F)=C(F)C(F)(C(F)(F)F)C(F)(F)F. The van der Waals surface area contributed by atoms with Crippen molar-refractivity contribution in [2.24, 2.45) is 0 Å². The Kier molecular flexibility index (Phi) is 4.29. The number of halogens is 9. The lowest BCUT2D eigenvalue weighted by molar-refractivity contribution is -0.331. The van der Waals surface area contributed by atoms with Crippen molar-refractivity contribution < 1.29 is 39.5 Å². The van der Waals surface area contributed by atoms with Crippen molar-refractivity contribution in [3.63, 3.8) is 0 Å². The first-order valence-corrected chi connectivity index (χ1v) is 7.95. The van der Waals surface area contributed by atoms with Crippen LogP contribution in [-0.2, 0) is 0 Å². The molecule has 0 saturated heterocycles. The Labute approximate surface area is 97.5 Å². The van der Waals surface area contributed by atoms with E-state index in [9.17, 15) is 39.5 Å². The zero-order valence-corrected chi connectivity index (χ0v) is 10.4. The lowest BCUT2D eigenvalue weighted by Crippen LogP contribution is -2.54. The van der Waals surface area contributed by atoms with Gasteiger partial charge in [0.25, 0.3) is 0 Å². The highest BCUT2D eigenvalue weighted by Crippen LogP contribution is 2.52. The summed E-state index contributed by atoms with van der Waals surface area (Å²) in [6, 6.07) is 0. The summed E-state index contributed by atoms with van der Waals surface area (Å²) in [6.07, 6.45) is -13.3. The van der Waals surface area contributed by atoms with Crippen LogP contribution in [-0.4, -0.2) is 26.1 Å². The molecule has 18 heavy (non-hydrogen) atoms. The molecule has 0 heterocycles. The maximum Gasteiger partial charge on any atom is 0.438 e. The second kappa shape index (κ2) is 4.46. The van der Waals surface area contributed by atoms with Gasteiger partial charge in [-0.3, -0.25) is 0 Å². The molecule has 0 nitrogen and oxygen atoms in total. The standard InChI is InChI=1S/C8H9F9Si/c1-18(2,3)5(10)4(9)6(11,7(12,13)14)8(15,16)17/h1-3H3. The summed E-state index contributed by atoms with van der Waals surface area (Å²) in [5.74, 6) is -3.46. The lowest BCUT2D eigenvalue weighted by Gasteiger charge is -2.30. The second-order valence-corrected chi connectivity index (χ2v) is 9.47. The molecule has 0 rings (SSSR count). The first-order valence-electron chi connectivity index (χ1n) is 4.45. The molecule has 0 aliphatic rings. The van der Waals surface area contributed by atoms with Crippen molar-refractivity contribution in [2.75, 3.05) is 0 Å². The van der Waals surface area contributed by atoms with E-state index in [2.05, 4.69) is 0 Å². The third kappa shape index (κ3) is 2.83. The molecule has 108 valence electrons. The van der Waals surface area contributed by atoms with E-state index in [0.717, 1.165) is 19.6 Å². The topological polar surface area (TPSA) is 0 Å². The van der Waals surface area contributed by atoms with Crippen molar-refractivity contribution >= 4 is 8.07 Å². The van der Waals surface area contributed by atoms with E-state index in [1.807, 2.05) is 0 Å². The van der Waals surface area contributed by atoms with Gasteiger partial charge in [0.05, 0.1) is 0 Å². The minimum atomic E-state index is -6.63. The van der Waals surface area contributed by atoms with E-state index in [1.165, 1.54) is 0 Å². The first kappa shape index (κ1) is 17.3. The van der Waals surface area contributed by atoms with Gasteiger partial charge in [-0.05, 0) is 0 Å². The van der Waals surface area contributed by atoms with Crippen molar-refractivity contribution in [1.29, 1.82) is 0 Å². The Bertz CT molecular complexity index is 329. The third-order valence-corrected chi connectivity index (χ3v) is 3.47. The second-order valence-electron chi connectivity index (χ2n) is 4.53. The van der Waals surface area contributed by atoms with Gasteiger partial charge in [-0.15, -0.1) is 0 Å². The van der Waals surface area contributed by atoms with Crippen molar-refractivity contribution in [1.82, 2.24) is 0 Å². The number of rotatable bonds is 2. The Balaban J connectivity index is 6.13. The third-order valence-electron chi connectivity index (χ3n) is 1.93. The zero-order valence-electron chi connectivity index (χ0n) is 9.40. The van der Waals surface area contributed by atoms with Crippen LogP contribution in [0.4, 0.5) is 39.5 Å². The van der Waals surface area contributed by atoms with Gasteiger partial charge >= 0.3 is 18.0 Å². The van der Waals surface area contributed by atoms with E-state index >= 15 is 0 Å². The molecule has 0 aliphatic carbocycles. The highest BCUT2D eigenvalue weighted by atomic mass is 28.3. The van der Waals surface area contributed by atoms with Crippen LogP contribution in [0.2, 0.25) is 19.6 Å². The zero-order chi connectivity index (χ0) is 15.2. The Morgan fingerprint density at radius 3 is 1.17 bits per heavy atom. The predicted molar refractivity (Wildman–Crippen MR) is 48.5 cm³/mol. The molecular weight excluding hydrogens is 295 g/mol. The highest BCUT2D eigenvalue weighted by Gasteiger charge is 2.76. The normalized spacial score (nSPS) is 16.7. The average Bonchev–Trinajstić information content (AvgIpc) is 2.08. The predicted octanol–water partition coefficient (Wildman–Crippen LogP) is 4.85. The molecule has 0 saturated carbocycles. The van der Waals surface area contributed by atoms with Crippen LogP contribution < -0.4 is 0 Å². The molecule has 0 aromatic rings. The summed E-state index contributed by atoms with van der Waals surface area (Å²) < 4.78 is 112. The van der Waals surface area contributed by atoms with Gasteiger partial charge in [0, 0.05) is 0 Å². The first-order chi connectivity index (χ1) is 7.57. The maximum atomic E-state index is 13.2. The van der Waals surface area contributed by atoms with Gasteiger partial charge in [-0.1, -0.05) is 19.6 Å². The minimum Gasteiger partial charge on any atom is -0.215 e. The summed E-state index contributed by atoms with van der Waals surface area (Å²) in [5.41, 5.74) is -8.62. The summed E-state index contributed by atoms with van der Waals surface area (Å²) in [7, 11) is -3.49. The maximum absolute atomic E-state index is 13.2. The minimum absolute atomic E-state index is 0.940. The number of allylic oxidation sites excluding steroid dienone is 1. The van der Waals surface area contributed by atoms with Crippen LogP contribution in [0.15, 0.2) is 11.3 Å². The molecule has 0 fully saturated rings. The molecule has 0 N–H and O–H groups in total. The quantitative estimate of drug-likeness (QED) is 0.505. The van der Waals surface area contributed by atoms with Gasteiger partial charge < -0.3 is 0 Å². The Hall–Kier alpha value is -0.673. The fraction of sp³-hybridized carbons (Fsp3) is 0.750. The molecule has 0 radical (unpaired) electrons. The molecule has 0 atom stereocenters.